The van der Waals surface area contributed by atoms with Crippen LogP contribution in [0.2, 0.25) is 0 Å². The molecule has 74 valence electrons. The molecule has 0 heterocycles. The van der Waals surface area contributed by atoms with Gasteiger partial charge in [0, 0.05) is 16.1 Å². The minimum absolute atomic E-state index is 0.190. The normalized spacial score (nSPS) is 8.47. The minimum Gasteiger partial charge on any atom is -0.398 e. The molecule has 2 N–H and O–H groups in total. The third kappa shape index (κ3) is 3.38. The molecule has 0 aliphatic carbocycles. The van der Waals surface area contributed by atoms with Crippen molar-refractivity contribution in [2.45, 2.75) is 11.3 Å². The number of nitrogens with zero attached hydrogens (tertiary/aromatic N) is 1. The van der Waals surface area contributed by atoms with Crippen molar-refractivity contribution in [1.82, 2.24) is 0 Å². The van der Waals surface area contributed by atoms with Crippen LogP contribution in [0.5, 0.6) is 0 Å². The Morgan fingerprint density at radius 1 is 1.53 bits per heavy atom. The van der Waals surface area contributed by atoms with Crippen molar-refractivity contribution in [2.75, 3.05) is 5.73 Å². The molecule has 1 aromatic carbocycles. The Bertz CT molecular complexity index is 466. The summed E-state index contributed by atoms with van der Waals surface area (Å²) in [4.78, 5) is 10.9. The molecule has 0 amide bonds. The zero-order valence-electron chi connectivity index (χ0n) is 7.86. The molecule has 0 saturated heterocycles. The van der Waals surface area contributed by atoms with Crippen molar-refractivity contribution in [3.63, 3.8) is 0 Å². The molecule has 0 aliphatic heterocycles. The van der Waals surface area contributed by atoms with Gasteiger partial charge in [0.15, 0.2) is 0 Å². The molecule has 0 spiro atoms. The van der Waals surface area contributed by atoms with Crippen LogP contribution in [-0.2, 0) is 4.79 Å². The van der Waals surface area contributed by atoms with E-state index in [1.807, 2.05) is 5.40 Å². The van der Waals surface area contributed by atoms with Crippen LogP contribution in [0.25, 0.3) is 0 Å². The first-order valence-corrected chi connectivity index (χ1v) is 4.97. The van der Waals surface area contributed by atoms with E-state index in [0.29, 0.717) is 11.3 Å². The van der Waals surface area contributed by atoms with Gasteiger partial charge in [0.2, 0.25) is 0 Å². The molecule has 4 heteroatoms. The van der Waals surface area contributed by atoms with Gasteiger partial charge in [-0.3, -0.25) is 0 Å². The molecule has 0 saturated carbocycles. The Labute approximate surface area is 92.3 Å². The summed E-state index contributed by atoms with van der Waals surface area (Å²) in [5.74, 6) is 5.45. The average molecular weight is 216 g/mol. The van der Waals surface area contributed by atoms with Gasteiger partial charge in [0.05, 0.1) is 6.42 Å². The second kappa shape index (κ2) is 5.74. The van der Waals surface area contributed by atoms with E-state index in [0.717, 1.165) is 22.9 Å². The van der Waals surface area contributed by atoms with Crippen molar-refractivity contribution in [1.29, 1.82) is 5.26 Å². The Morgan fingerprint density at radius 2 is 2.33 bits per heavy atom. The number of nitriles is 1. The number of hydrogen-bond acceptors (Lipinski definition) is 4. The third-order valence-corrected chi connectivity index (χ3v) is 2.18. The van der Waals surface area contributed by atoms with Gasteiger partial charge in [-0.1, -0.05) is 11.8 Å². The van der Waals surface area contributed by atoms with E-state index in [2.05, 4.69) is 11.8 Å². The number of thioether (sulfide) groups is 1. The molecule has 0 aromatic heterocycles. The largest absolute Gasteiger partial charge is 0.398 e. The monoisotopic (exact) mass is 216 g/mol. The smallest absolute Gasteiger partial charge is 0.138 e. The first-order chi connectivity index (χ1) is 7.27. The predicted octanol–water partition coefficient (Wildman–Crippen LogP) is 1.78. The van der Waals surface area contributed by atoms with Crippen molar-refractivity contribution in [2.24, 2.45) is 0 Å². The highest BCUT2D eigenvalue weighted by atomic mass is 32.2. The lowest BCUT2D eigenvalue weighted by Crippen LogP contribution is -1.89. The lowest BCUT2D eigenvalue weighted by atomic mass is 10.2. The summed E-state index contributed by atoms with van der Waals surface area (Å²) in [6.07, 6.45) is 0.923. The van der Waals surface area contributed by atoms with Gasteiger partial charge in [-0.2, -0.15) is 5.26 Å². The summed E-state index contributed by atoms with van der Waals surface area (Å²) < 4.78 is 0. The van der Waals surface area contributed by atoms with Gasteiger partial charge in [0.25, 0.3) is 0 Å². The Balaban J connectivity index is 2.97. The van der Waals surface area contributed by atoms with Crippen LogP contribution >= 0.6 is 11.8 Å². The number of aldehydes is 1. The standard InChI is InChI=1S/C11H8N2OS/c12-8-15-10-4-5-11(13)9(7-10)3-1-2-6-14/h4-7H,2,13H2. The molecule has 0 radical (unpaired) electrons. The lowest BCUT2D eigenvalue weighted by Gasteiger charge is -1.99. The number of rotatable bonds is 2. The molecule has 0 bridgehead atoms. The van der Waals surface area contributed by atoms with Gasteiger partial charge in [-0.25, -0.2) is 0 Å². The molecule has 0 unspecified atom stereocenters. The van der Waals surface area contributed by atoms with Crippen molar-refractivity contribution < 1.29 is 4.79 Å². The van der Waals surface area contributed by atoms with Gasteiger partial charge >= 0.3 is 0 Å². The Kier molecular flexibility index (Phi) is 4.28. The summed E-state index contributed by atoms with van der Waals surface area (Å²) in [5, 5.41) is 10.5. The summed E-state index contributed by atoms with van der Waals surface area (Å²) in [7, 11) is 0. The first kappa shape index (κ1) is 11.2. The maximum Gasteiger partial charge on any atom is 0.138 e. The Morgan fingerprint density at radius 3 is 3.00 bits per heavy atom. The van der Waals surface area contributed by atoms with Crippen LogP contribution in [0.15, 0.2) is 23.1 Å². The van der Waals surface area contributed by atoms with Crippen LogP contribution in [0, 0.1) is 22.5 Å². The van der Waals surface area contributed by atoms with E-state index in [1.54, 1.807) is 18.2 Å². The zero-order chi connectivity index (χ0) is 11.1. The van der Waals surface area contributed by atoms with Crippen molar-refractivity contribution in [3.8, 4) is 17.2 Å². The lowest BCUT2D eigenvalue weighted by molar-refractivity contribution is -0.107. The van der Waals surface area contributed by atoms with Crippen LogP contribution in [0.1, 0.15) is 12.0 Å². The molecular weight excluding hydrogens is 208 g/mol. The van der Waals surface area contributed by atoms with E-state index < -0.39 is 0 Å². The minimum atomic E-state index is 0.190. The number of anilines is 1. The third-order valence-electron chi connectivity index (χ3n) is 1.60. The maximum atomic E-state index is 10.1. The molecule has 3 nitrogen and oxygen atoms in total. The highest BCUT2D eigenvalue weighted by molar-refractivity contribution is 8.03. The van der Waals surface area contributed by atoms with E-state index in [1.165, 1.54) is 0 Å². The summed E-state index contributed by atoms with van der Waals surface area (Å²) in [6.45, 7) is 0. The van der Waals surface area contributed by atoms with Gasteiger partial charge < -0.3 is 10.5 Å². The van der Waals surface area contributed by atoms with Gasteiger partial charge in [-0.05, 0) is 30.0 Å². The quantitative estimate of drug-likeness (QED) is 0.269. The number of thiocyanates is 1. The maximum absolute atomic E-state index is 10.1. The summed E-state index contributed by atoms with van der Waals surface area (Å²) in [6, 6.07) is 5.19. The SMILES string of the molecule is N#CSc1ccc(N)c(C#CCC=O)c1. The summed E-state index contributed by atoms with van der Waals surface area (Å²) >= 11 is 1.05. The second-order valence-electron chi connectivity index (χ2n) is 2.61. The first-order valence-electron chi connectivity index (χ1n) is 4.16. The fourth-order valence-corrected chi connectivity index (χ4v) is 1.37. The van der Waals surface area contributed by atoms with Crippen molar-refractivity contribution >= 4 is 23.7 Å². The van der Waals surface area contributed by atoms with Gasteiger partial charge in [0.1, 0.15) is 11.7 Å². The number of carbonyl (C=O) groups excluding carboxylic acids is 1. The van der Waals surface area contributed by atoms with E-state index in [-0.39, 0.29) is 6.42 Å². The molecule has 0 atom stereocenters. The number of benzene rings is 1. The number of hydrogen-bond donors (Lipinski definition) is 1. The predicted molar refractivity (Wildman–Crippen MR) is 59.9 cm³/mol. The van der Waals surface area contributed by atoms with E-state index >= 15 is 0 Å². The number of nitrogen functional groups attached to an aromatic ring is 1. The molecule has 15 heavy (non-hydrogen) atoms. The number of carbonyl (C=O) groups is 1. The van der Waals surface area contributed by atoms with E-state index in [4.69, 9.17) is 11.0 Å². The van der Waals surface area contributed by atoms with Crippen molar-refractivity contribution in [3.05, 3.63) is 23.8 Å². The highest BCUT2D eigenvalue weighted by Crippen LogP contribution is 2.21. The molecular formula is C11H8N2OS. The van der Waals surface area contributed by atoms with Crippen LogP contribution in [-0.4, -0.2) is 6.29 Å². The molecule has 0 fully saturated rings. The van der Waals surface area contributed by atoms with Crippen LogP contribution in [0.3, 0.4) is 0 Å². The fraction of sp³-hybridized carbons (Fsp3) is 0.0909. The number of nitrogens with two attached hydrogens (primary N) is 1. The zero-order valence-corrected chi connectivity index (χ0v) is 8.67. The molecule has 1 rings (SSSR count). The van der Waals surface area contributed by atoms with Gasteiger partial charge in [-0.15, -0.1) is 0 Å². The van der Waals surface area contributed by atoms with E-state index in [9.17, 15) is 4.79 Å². The molecule has 0 aliphatic rings. The topological polar surface area (TPSA) is 66.9 Å². The fourth-order valence-electron chi connectivity index (χ4n) is 0.948. The average Bonchev–Trinajstić information content (AvgIpc) is 2.23. The van der Waals surface area contributed by atoms with Crippen LogP contribution < -0.4 is 5.73 Å². The summed E-state index contributed by atoms with van der Waals surface area (Å²) in [5.41, 5.74) is 6.89. The highest BCUT2D eigenvalue weighted by Gasteiger charge is 1.98. The van der Waals surface area contributed by atoms with Crippen LogP contribution in [0.4, 0.5) is 5.69 Å². The Hall–Kier alpha value is -1.91. The second-order valence-corrected chi connectivity index (χ2v) is 3.47. The molecule has 1 aromatic rings.